The Labute approximate surface area is 111 Å². The zero-order valence-corrected chi connectivity index (χ0v) is 10.9. The summed E-state index contributed by atoms with van der Waals surface area (Å²) >= 11 is 0. The third-order valence-electron chi connectivity index (χ3n) is 2.56. The van der Waals surface area contributed by atoms with E-state index in [1.165, 1.54) is 6.08 Å². The highest BCUT2D eigenvalue weighted by molar-refractivity contribution is 5.99. The fourth-order valence-corrected chi connectivity index (χ4v) is 1.66. The van der Waals surface area contributed by atoms with Crippen LogP contribution in [0.5, 0.6) is 0 Å². The minimum atomic E-state index is -0.249. The number of tetrazole rings is 1. The molecule has 0 saturated heterocycles. The van der Waals surface area contributed by atoms with Gasteiger partial charge in [-0.25, -0.2) is 4.68 Å². The van der Waals surface area contributed by atoms with Gasteiger partial charge in [-0.2, -0.15) is 0 Å². The predicted molar refractivity (Wildman–Crippen MR) is 72.5 cm³/mol. The number of carbonyl (C=O) groups is 1. The first kappa shape index (κ1) is 12.9. The maximum atomic E-state index is 11.3. The van der Waals surface area contributed by atoms with Crippen molar-refractivity contribution in [1.29, 1.82) is 0 Å². The summed E-state index contributed by atoms with van der Waals surface area (Å²) in [7, 11) is 0. The average Bonchev–Trinajstić information content (AvgIpc) is 2.88. The summed E-state index contributed by atoms with van der Waals surface area (Å²) in [5.74, 6) is 0.422. The van der Waals surface area contributed by atoms with Gasteiger partial charge < -0.3 is 5.32 Å². The van der Waals surface area contributed by atoms with E-state index in [0.29, 0.717) is 11.5 Å². The zero-order valence-electron chi connectivity index (χ0n) is 10.9. The molecule has 0 saturated carbocycles. The molecule has 0 aliphatic heterocycles. The summed E-state index contributed by atoms with van der Waals surface area (Å²) in [5, 5.41) is 14.4. The third kappa shape index (κ3) is 2.85. The Morgan fingerprint density at radius 1 is 1.47 bits per heavy atom. The summed E-state index contributed by atoms with van der Waals surface area (Å²) < 4.78 is 1.73. The van der Waals surface area contributed by atoms with Crippen molar-refractivity contribution in [3.05, 3.63) is 36.9 Å². The van der Waals surface area contributed by atoms with Crippen molar-refractivity contribution in [2.24, 2.45) is 0 Å². The molecule has 0 aliphatic carbocycles. The monoisotopic (exact) mass is 257 g/mol. The summed E-state index contributed by atoms with van der Waals surface area (Å²) in [5.41, 5.74) is 1.53. The summed E-state index contributed by atoms with van der Waals surface area (Å²) in [6.45, 7) is 7.42. The van der Waals surface area contributed by atoms with Gasteiger partial charge in [-0.3, -0.25) is 4.79 Å². The number of carbonyl (C=O) groups excluding carboxylic acids is 1. The van der Waals surface area contributed by atoms with E-state index in [-0.39, 0.29) is 11.9 Å². The lowest BCUT2D eigenvalue weighted by Crippen LogP contribution is -2.08. The standard InChI is InChI=1S/C13H15N5O/c1-4-12(19)14-11-7-5-6-10(8-11)13-15-16-17-18(13)9(2)3/h4-9H,1H2,2-3H3,(H,14,19). The van der Waals surface area contributed by atoms with Crippen LogP contribution in [-0.2, 0) is 4.79 Å². The fourth-order valence-electron chi connectivity index (χ4n) is 1.66. The van der Waals surface area contributed by atoms with Crippen LogP contribution in [-0.4, -0.2) is 26.1 Å². The molecule has 1 heterocycles. The zero-order chi connectivity index (χ0) is 13.8. The maximum Gasteiger partial charge on any atom is 0.247 e. The molecule has 2 rings (SSSR count). The quantitative estimate of drug-likeness (QED) is 0.851. The molecule has 0 aliphatic rings. The highest BCUT2D eigenvalue weighted by atomic mass is 16.1. The lowest BCUT2D eigenvalue weighted by atomic mass is 10.2. The number of nitrogens with zero attached hydrogens (tertiary/aromatic N) is 4. The van der Waals surface area contributed by atoms with Crippen molar-refractivity contribution < 1.29 is 4.79 Å². The molecule has 2 aromatic rings. The molecule has 0 atom stereocenters. The molecule has 0 fully saturated rings. The normalized spacial score (nSPS) is 10.5. The number of hydrogen-bond donors (Lipinski definition) is 1. The Morgan fingerprint density at radius 2 is 2.26 bits per heavy atom. The second-order valence-electron chi connectivity index (χ2n) is 4.31. The number of aromatic nitrogens is 4. The van der Waals surface area contributed by atoms with Gasteiger partial charge in [-0.1, -0.05) is 18.7 Å². The van der Waals surface area contributed by atoms with E-state index in [9.17, 15) is 4.79 Å². The smallest absolute Gasteiger partial charge is 0.247 e. The first-order valence-corrected chi connectivity index (χ1v) is 5.93. The van der Waals surface area contributed by atoms with Crippen LogP contribution in [0.2, 0.25) is 0 Å². The van der Waals surface area contributed by atoms with E-state index in [0.717, 1.165) is 5.56 Å². The topological polar surface area (TPSA) is 72.7 Å². The summed E-state index contributed by atoms with van der Waals surface area (Å²) in [6.07, 6.45) is 1.23. The molecule has 6 nitrogen and oxygen atoms in total. The largest absolute Gasteiger partial charge is 0.323 e. The maximum absolute atomic E-state index is 11.3. The number of hydrogen-bond acceptors (Lipinski definition) is 4. The molecule has 6 heteroatoms. The van der Waals surface area contributed by atoms with Gasteiger partial charge in [-0.05, 0) is 42.5 Å². The van der Waals surface area contributed by atoms with E-state index >= 15 is 0 Å². The Bertz CT molecular complexity index is 603. The van der Waals surface area contributed by atoms with Crippen molar-refractivity contribution in [2.45, 2.75) is 19.9 Å². The van der Waals surface area contributed by atoms with Gasteiger partial charge >= 0.3 is 0 Å². The van der Waals surface area contributed by atoms with E-state index in [2.05, 4.69) is 27.4 Å². The van der Waals surface area contributed by atoms with Gasteiger partial charge in [0.05, 0.1) is 6.04 Å². The second-order valence-corrected chi connectivity index (χ2v) is 4.31. The molecule has 1 N–H and O–H groups in total. The number of rotatable bonds is 4. The minimum Gasteiger partial charge on any atom is -0.323 e. The van der Waals surface area contributed by atoms with Gasteiger partial charge in [0.15, 0.2) is 5.82 Å². The number of anilines is 1. The van der Waals surface area contributed by atoms with Gasteiger partial charge in [-0.15, -0.1) is 5.10 Å². The van der Waals surface area contributed by atoms with E-state index in [4.69, 9.17) is 0 Å². The van der Waals surface area contributed by atoms with Crippen molar-refractivity contribution in [3.63, 3.8) is 0 Å². The van der Waals surface area contributed by atoms with Crippen LogP contribution in [0, 0.1) is 0 Å². The molecule has 19 heavy (non-hydrogen) atoms. The van der Waals surface area contributed by atoms with E-state index < -0.39 is 0 Å². The Hall–Kier alpha value is -2.50. The van der Waals surface area contributed by atoms with Crippen molar-refractivity contribution in [2.75, 3.05) is 5.32 Å². The number of amides is 1. The van der Waals surface area contributed by atoms with Crippen LogP contribution in [0.15, 0.2) is 36.9 Å². The lowest BCUT2D eigenvalue weighted by Gasteiger charge is -2.09. The Kier molecular flexibility index (Phi) is 3.70. The Balaban J connectivity index is 2.35. The van der Waals surface area contributed by atoms with Crippen molar-refractivity contribution >= 4 is 11.6 Å². The van der Waals surface area contributed by atoms with Gasteiger partial charge in [0.2, 0.25) is 5.91 Å². The molecule has 98 valence electrons. The second kappa shape index (κ2) is 5.43. The number of nitrogens with one attached hydrogen (secondary N) is 1. The van der Waals surface area contributed by atoms with Crippen molar-refractivity contribution in [1.82, 2.24) is 20.2 Å². The van der Waals surface area contributed by atoms with Crippen LogP contribution in [0.1, 0.15) is 19.9 Å². The molecule has 0 spiro atoms. The molecular weight excluding hydrogens is 242 g/mol. The van der Waals surface area contributed by atoms with Crippen LogP contribution in [0.25, 0.3) is 11.4 Å². The van der Waals surface area contributed by atoms with Gasteiger partial charge in [0.25, 0.3) is 0 Å². The molecular formula is C13H15N5O. The van der Waals surface area contributed by atoms with Crippen LogP contribution in [0.4, 0.5) is 5.69 Å². The fraction of sp³-hybridized carbons (Fsp3) is 0.231. The highest BCUT2D eigenvalue weighted by Crippen LogP contribution is 2.22. The highest BCUT2D eigenvalue weighted by Gasteiger charge is 2.11. The molecule has 0 radical (unpaired) electrons. The molecule has 1 amide bonds. The first-order chi connectivity index (χ1) is 9.11. The summed E-state index contributed by atoms with van der Waals surface area (Å²) in [4.78, 5) is 11.3. The molecule has 1 aromatic heterocycles. The molecule has 0 unspecified atom stereocenters. The van der Waals surface area contributed by atoms with E-state index in [1.807, 2.05) is 32.0 Å². The first-order valence-electron chi connectivity index (χ1n) is 5.93. The average molecular weight is 257 g/mol. The number of benzene rings is 1. The van der Waals surface area contributed by atoms with Crippen molar-refractivity contribution in [3.8, 4) is 11.4 Å². The molecule has 1 aromatic carbocycles. The Morgan fingerprint density at radius 3 is 2.95 bits per heavy atom. The third-order valence-corrected chi connectivity index (χ3v) is 2.56. The summed E-state index contributed by atoms with van der Waals surface area (Å²) in [6, 6.07) is 7.53. The van der Waals surface area contributed by atoms with Gasteiger partial charge in [0.1, 0.15) is 0 Å². The molecule has 0 bridgehead atoms. The van der Waals surface area contributed by atoms with Crippen LogP contribution < -0.4 is 5.32 Å². The predicted octanol–water partition coefficient (Wildman–Crippen LogP) is 2.05. The van der Waals surface area contributed by atoms with E-state index in [1.54, 1.807) is 10.7 Å². The van der Waals surface area contributed by atoms with Gasteiger partial charge in [0, 0.05) is 11.3 Å². The SMILES string of the molecule is C=CC(=O)Nc1cccc(-c2nnnn2C(C)C)c1. The minimum absolute atomic E-state index is 0.163. The van der Waals surface area contributed by atoms with Crippen LogP contribution in [0.3, 0.4) is 0 Å². The van der Waals surface area contributed by atoms with Crippen LogP contribution >= 0.6 is 0 Å². The lowest BCUT2D eigenvalue weighted by molar-refractivity contribution is -0.111.